The Hall–Kier alpha value is -9.10. The fraction of sp³-hybridized carbons (Fsp3) is 0.108. The third-order valence-electron chi connectivity index (χ3n) is 17.3. The Bertz CT molecular complexity index is 4850. The fourth-order valence-electron chi connectivity index (χ4n) is 13.4. The lowest BCUT2D eigenvalue weighted by molar-refractivity contribution is 0.483. The fourth-order valence-corrected chi connectivity index (χ4v) is 14.7. The van der Waals surface area contributed by atoms with E-state index in [1.54, 1.807) is 0 Å². The van der Waals surface area contributed by atoms with Gasteiger partial charge < -0.3 is 18.8 Å². The highest BCUT2D eigenvalue weighted by Crippen LogP contribution is 2.51. The van der Waals surface area contributed by atoms with Gasteiger partial charge in [0.05, 0.1) is 32.5 Å². The molecule has 2 aliphatic rings. The Morgan fingerprint density at radius 3 is 1.66 bits per heavy atom. The molecule has 0 saturated carbocycles. The molecule has 0 aliphatic carbocycles. The zero-order valence-electron chi connectivity index (χ0n) is 45.3. The number of ether oxygens (including phenoxy) is 1. The Labute approximate surface area is 470 Å². The number of aryl methyl sites for hydroxylation is 1. The van der Waals surface area contributed by atoms with E-state index in [0.29, 0.717) is 0 Å². The summed E-state index contributed by atoms with van der Waals surface area (Å²) in [4.78, 5) is 2.68. The molecule has 11 aromatic carbocycles. The summed E-state index contributed by atoms with van der Waals surface area (Å²) in [5.41, 5.74) is 21.5. The molecule has 0 bridgehead atoms. The number of thiophene rings is 1. The Morgan fingerprint density at radius 2 is 1.02 bits per heavy atom. The van der Waals surface area contributed by atoms with Crippen molar-refractivity contribution in [3.63, 3.8) is 0 Å². The predicted molar refractivity (Wildman–Crippen MR) is 342 cm³/mol. The summed E-state index contributed by atoms with van der Waals surface area (Å²) in [6, 6.07) is 86.2. The van der Waals surface area contributed by atoms with Crippen molar-refractivity contribution in [1.29, 1.82) is 0 Å². The van der Waals surface area contributed by atoms with Crippen LogP contribution in [0.15, 0.2) is 231 Å². The summed E-state index contributed by atoms with van der Waals surface area (Å²) < 4.78 is 15.1. The van der Waals surface area contributed by atoms with Gasteiger partial charge >= 0.3 is 0 Å². The number of anilines is 3. The molecule has 5 heterocycles. The smallest absolute Gasteiger partial charge is 0.256 e. The van der Waals surface area contributed by atoms with E-state index in [1.165, 1.54) is 131 Å². The first-order valence-corrected chi connectivity index (χ1v) is 29.1. The van der Waals surface area contributed by atoms with E-state index in [1.807, 2.05) is 11.3 Å². The van der Waals surface area contributed by atoms with Gasteiger partial charge in [-0.15, -0.1) is 11.3 Å². The van der Waals surface area contributed by atoms with E-state index in [-0.39, 0.29) is 12.1 Å². The maximum Gasteiger partial charge on any atom is 0.256 e. The number of benzene rings is 11. The Morgan fingerprint density at radius 1 is 0.450 bits per heavy atom. The first-order chi connectivity index (χ1) is 39.3. The average Bonchev–Trinajstić information content (AvgIpc) is 4.30. The lowest BCUT2D eigenvalue weighted by Gasteiger charge is -2.42. The summed E-state index contributed by atoms with van der Waals surface area (Å²) in [5, 5.41) is 7.55. The summed E-state index contributed by atoms with van der Waals surface area (Å²) >= 11 is 1.93. The lowest BCUT2D eigenvalue weighted by atomic mass is 9.34. The van der Waals surface area contributed by atoms with Crippen LogP contribution in [0.25, 0.3) is 97.4 Å². The minimum atomic E-state index is -0.182. The quantitative estimate of drug-likeness (QED) is 0.142. The molecule has 3 aromatic heterocycles. The molecule has 0 spiro atoms. The molecule has 0 radical (unpaired) electrons. The molecule has 0 unspecified atom stereocenters. The van der Waals surface area contributed by atoms with Crippen LogP contribution in [0.1, 0.15) is 51.7 Å². The highest BCUT2D eigenvalue weighted by molar-refractivity contribution is 7.26. The molecule has 14 aromatic rings. The van der Waals surface area contributed by atoms with Crippen molar-refractivity contribution < 1.29 is 4.74 Å². The molecule has 16 rings (SSSR count). The van der Waals surface area contributed by atoms with E-state index in [2.05, 4.69) is 272 Å². The molecular formula is C74H56BN3OS. The van der Waals surface area contributed by atoms with Crippen molar-refractivity contribution in [2.45, 2.75) is 52.4 Å². The van der Waals surface area contributed by atoms with Gasteiger partial charge in [0.15, 0.2) is 0 Å². The summed E-state index contributed by atoms with van der Waals surface area (Å²) in [7, 11) is 0. The molecule has 4 nitrogen and oxygen atoms in total. The second-order valence-corrected chi connectivity index (χ2v) is 24.1. The zero-order valence-corrected chi connectivity index (χ0v) is 46.1. The van der Waals surface area contributed by atoms with Gasteiger partial charge in [0.25, 0.3) is 6.71 Å². The second kappa shape index (κ2) is 18.0. The van der Waals surface area contributed by atoms with E-state index in [0.717, 1.165) is 42.1 Å². The third kappa shape index (κ3) is 7.14. The summed E-state index contributed by atoms with van der Waals surface area (Å²) in [5.74, 6) is 1.81. The van der Waals surface area contributed by atoms with Crippen LogP contribution in [0.4, 0.5) is 17.1 Å². The van der Waals surface area contributed by atoms with Gasteiger partial charge in [-0.25, -0.2) is 0 Å². The van der Waals surface area contributed by atoms with Crippen LogP contribution in [0.3, 0.4) is 0 Å². The van der Waals surface area contributed by atoms with Crippen molar-refractivity contribution in [2.24, 2.45) is 0 Å². The molecule has 0 fully saturated rings. The van der Waals surface area contributed by atoms with Crippen LogP contribution >= 0.6 is 11.3 Å². The average molecular weight is 1050 g/mol. The topological polar surface area (TPSA) is 22.3 Å². The number of hydrogen-bond acceptors (Lipinski definition) is 3. The number of hydrogen-bond donors (Lipinski definition) is 0. The Kier molecular flexibility index (Phi) is 10.5. The maximum atomic E-state index is 7.51. The minimum absolute atomic E-state index is 0.106. The zero-order chi connectivity index (χ0) is 53.4. The first-order valence-electron chi connectivity index (χ1n) is 28.3. The van der Waals surface area contributed by atoms with Crippen LogP contribution in [0.5, 0.6) is 11.5 Å². The number of rotatable bonds is 8. The van der Waals surface area contributed by atoms with Gasteiger partial charge in [-0.2, -0.15) is 0 Å². The van der Waals surface area contributed by atoms with Crippen LogP contribution < -0.4 is 26.0 Å². The SMILES string of the molecule is CCCCc1ccc2c(sc3ccccc32)c1N1c2cc(-n3c4ccccc4c4cc(-c5ccccc5)ccc43)ccc2B2c3ccc(-n4c5ccccc5c5cc(-c6ccccc6)ccc54)cc3Oc3cc(C(C)(C)C)cc1c32. The third-order valence-corrected chi connectivity index (χ3v) is 18.5. The van der Waals surface area contributed by atoms with E-state index in [9.17, 15) is 0 Å². The van der Waals surface area contributed by atoms with Crippen LogP contribution in [0.2, 0.25) is 0 Å². The highest BCUT2D eigenvalue weighted by Gasteiger charge is 2.44. The van der Waals surface area contributed by atoms with E-state index in [4.69, 9.17) is 4.74 Å². The molecule has 6 heteroatoms. The molecule has 0 amide bonds. The van der Waals surface area contributed by atoms with Crippen molar-refractivity contribution in [3.05, 3.63) is 242 Å². The number of fused-ring (bicyclic) bond motifs is 13. The second-order valence-electron chi connectivity index (χ2n) is 23.0. The maximum absolute atomic E-state index is 7.51. The van der Waals surface area contributed by atoms with Gasteiger partial charge in [-0.05, 0) is 141 Å². The molecule has 0 N–H and O–H groups in total. The number of unbranched alkanes of at least 4 members (excludes halogenated alkanes) is 1. The summed E-state index contributed by atoms with van der Waals surface area (Å²) in [6.07, 6.45) is 3.18. The molecular weight excluding hydrogens is 990 g/mol. The highest BCUT2D eigenvalue weighted by atomic mass is 32.1. The number of nitrogens with zero attached hydrogens (tertiary/aromatic N) is 3. The normalized spacial score (nSPS) is 12.9. The monoisotopic (exact) mass is 1050 g/mol. The van der Waals surface area contributed by atoms with Crippen LogP contribution in [-0.2, 0) is 11.8 Å². The van der Waals surface area contributed by atoms with E-state index < -0.39 is 0 Å². The summed E-state index contributed by atoms with van der Waals surface area (Å²) in [6.45, 7) is 9.22. The molecule has 2 aliphatic heterocycles. The van der Waals surface area contributed by atoms with Gasteiger partial charge in [0.2, 0.25) is 0 Å². The minimum Gasteiger partial charge on any atom is -0.458 e. The van der Waals surface area contributed by atoms with Crippen LogP contribution in [-0.4, -0.2) is 15.8 Å². The number of para-hydroxylation sites is 2. The number of aromatic nitrogens is 2. The van der Waals surface area contributed by atoms with Gasteiger partial charge in [-0.1, -0.05) is 186 Å². The Balaban J connectivity index is 0.959. The molecule has 0 atom stereocenters. The van der Waals surface area contributed by atoms with Crippen molar-refractivity contribution in [2.75, 3.05) is 4.90 Å². The van der Waals surface area contributed by atoms with Gasteiger partial charge in [0.1, 0.15) is 11.5 Å². The standard InChI is InChI=1S/C74H56BN3OS/c1-5-6-19-48-30-35-57-56-26-15-18-29-70(56)80-73(57)72(48)78-66-44-52(76-62-27-16-13-24-54(62)58-40-49(31-38-64(58)76)46-20-9-7-10-21-46)33-36-60(66)75-61-37-34-53(45-68(61)79-69-43-51(74(2,3)4)42-67(78)71(69)75)77-63-28-17-14-25-55(63)59-41-50(32-39-65(59)77)47-22-11-8-12-23-47/h7-18,20-45H,5-6,19H2,1-4H3. The van der Waals surface area contributed by atoms with E-state index >= 15 is 0 Å². The van der Waals surface area contributed by atoms with Gasteiger partial charge in [0, 0.05) is 65.8 Å². The predicted octanol–water partition coefficient (Wildman–Crippen LogP) is 18.6. The van der Waals surface area contributed by atoms with Crippen molar-refractivity contribution >= 4 is 115 Å². The van der Waals surface area contributed by atoms with Crippen LogP contribution in [0, 0.1) is 0 Å². The largest absolute Gasteiger partial charge is 0.458 e. The van der Waals surface area contributed by atoms with Gasteiger partial charge in [-0.3, -0.25) is 0 Å². The molecule has 80 heavy (non-hydrogen) atoms. The lowest BCUT2D eigenvalue weighted by Crippen LogP contribution is -2.59. The molecule has 0 saturated heterocycles. The molecule has 382 valence electrons. The van der Waals surface area contributed by atoms with Crippen molar-refractivity contribution in [1.82, 2.24) is 9.13 Å². The first kappa shape index (κ1) is 47.0. The van der Waals surface area contributed by atoms with Crippen molar-refractivity contribution in [3.8, 4) is 45.1 Å².